The summed E-state index contributed by atoms with van der Waals surface area (Å²) in [4.78, 5) is 15.1. The highest BCUT2D eigenvalue weighted by molar-refractivity contribution is 7.13. The minimum Gasteiger partial charge on any atom is -0.507 e. The number of rotatable bonds is 3. The molecule has 110 valence electrons. The molecule has 5 nitrogen and oxygen atoms in total. The van der Waals surface area contributed by atoms with Crippen molar-refractivity contribution in [3.63, 3.8) is 0 Å². The van der Waals surface area contributed by atoms with Crippen molar-refractivity contribution in [2.75, 3.05) is 0 Å². The van der Waals surface area contributed by atoms with Crippen LogP contribution in [-0.2, 0) is 0 Å². The van der Waals surface area contributed by atoms with E-state index in [2.05, 4.69) is 4.98 Å². The number of aromatic nitrogens is 1. The van der Waals surface area contributed by atoms with E-state index in [4.69, 9.17) is 0 Å². The average Bonchev–Trinajstić information content (AvgIpc) is 2.97. The summed E-state index contributed by atoms with van der Waals surface area (Å²) in [5.74, 6) is 0.165. The lowest BCUT2D eigenvalue weighted by Crippen LogP contribution is -1.92. The van der Waals surface area contributed by atoms with E-state index in [1.807, 2.05) is 17.5 Å². The van der Waals surface area contributed by atoms with Gasteiger partial charge in [-0.2, -0.15) is 0 Å². The van der Waals surface area contributed by atoms with Gasteiger partial charge in [0.15, 0.2) is 0 Å². The molecule has 0 radical (unpaired) electrons. The van der Waals surface area contributed by atoms with Crippen LogP contribution in [0, 0.1) is 17.0 Å². The number of hydrogen-bond donors (Lipinski definition) is 1. The number of aromatic hydroxyl groups is 1. The summed E-state index contributed by atoms with van der Waals surface area (Å²) >= 11 is 1.39. The lowest BCUT2D eigenvalue weighted by atomic mass is 10.1. The minimum absolute atomic E-state index is 0.0783. The van der Waals surface area contributed by atoms with E-state index in [0.29, 0.717) is 27.4 Å². The highest BCUT2D eigenvalue weighted by atomic mass is 32.1. The van der Waals surface area contributed by atoms with Crippen LogP contribution in [0.1, 0.15) is 5.56 Å². The smallest absolute Gasteiger partial charge is 0.272 e. The number of nitro groups is 1. The summed E-state index contributed by atoms with van der Waals surface area (Å²) in [6.45, 7) is 1.70. The molecular weight excluding hydrogens is 300 g/mol. The molecule has 0 amide bonds. The van der Waals surface area contributed by atoms with Crippen LogP contribution in [0.3, 0.4) is 0 Å². The predicted octanol–water partition coefficient (Wildman–Crippen LogP) is 4.40. The summed E-state index contributed by atoms with van der Waals surface area (Å²) < 4.78 is 0. The Hall–Kier alpha value is -2.73. The van der Waals surface area contributed by atoms with Crippen molar-refractivity contribution in [3.8, 4) is 27.6 Å². The molecule has 0 atom stereocenters. The fourth-order valence-electron chi connectivity index (χ4n) is 2.15. The Balaban J connectivity index is 2.03. The van der Waals surface area contributed by atoms with E-state index in [9.17, 15) is 15.2 Å². The number of benzene rings is 2. The van der Waals surface area contributed by atoms with E-state index in [1.54, 1.807) is 31.2 Å². The van der Waals surface area contributed by atoms with Crippen molar-refractivity contribution in [1.29, 1.82) is 0 Å². The number of thiazole rings is 1. The molecular formula is C16H12N2O3S. The first-order valence-electron chi connectivity index (χ1n) is 6.55. The van der Waals surface area contributed by atoms with Crippen molar-refractivity contribution in [2.24, 2.45) is 0 Å². The van der Waals surface area contributed by atoms with Crippen molar-refractivity contribution in [3.05, 3.63) is 63.5 Å². The molecule has 0 aliphatic carbocycles. The highest BCUT2D eigenvalue weighted by Crippen LogP contribution is 2.34. The van der Waals surface area contributed by atoms with Crippen LogP contribution < -0.4 is 0 Å². The second-order valence-corrected chi connectivity index (χ2v) is 5.67. The van der Waals surface area contributed by atoms with Crippen LogP contribution >= 0.6 is 11.3 Å². The SMILES string of the molecule is Cc1ccc(-c2csc(-c3ccccc3O)n2)cc1[N+](=O)[O-]. The van der Waals surface area contributed by atoms with Crippen LogP contribution in [0.15, 0.2) is 47.8 Å². The summed E-state index contributed by atoms with van der Waals surface area (Å²) in [6, 6.07) is 12.0. The van der Waals surface area contributed by atoms with Crippen molar-refractivity contribution < 1.29 is 10.0 Å². The van der Waals surface area contributed by atoms with Crippen molar-refractivity contribution in [1.82, 2.24) is 4.98 Å². The Morgan fingerprint density at radius 2 is 2.00 bits per heavy atom. The van der Waals surface area contributed by atoms with Gasteiger partial charge in [-0.15, -0.1) is 11.3 Å². The molecule has 0 saturated heterocycles. The Labute approximate surface area is 130 Å². The molecule has 1 N–H and O–H groups in total. The number of phenols is 1. The van der Waals surface area contributed by atoms with Gasteiger partial charge >= 0.3 is 0 Å². The van der Waals surface area contributed by atoms with Crippen LogP contribution in [0.4, 0.5) is 5.69 Å². The zero-order valence-electron chi connectivity index (χ0n) is 11.7. The fraction of sp³-hybridized carbons (Fsp3) is 0.0625. The van der Waals surface area contributed by atoms with Gasteiger partial charge < -0.3 is 5.11 Å². The Bertz CT molecular complexity index is 858. The monoisotopic (exact) mass is 312 g/mol. The van der Waals surface area contributed by atoms with Crippen LogP contribution in [-0.4, -0.2) is 15.0 Å². The lowest BCUT2D eigenvalue weighted by molar-refractivity contribution is -0.385. The highest BCUT2D eigenvalue weighted by Gasteiger charge is 2.14. The Morgan fingerprint density at radius 1 is 1.23 bits per heavy atom. The third kappa shape index (κ3) is 2.56. The summed E-state index contributed by atoms with van der Waals surface area (Å²) in [6.07, 6.45) is 0. The van der Waals surface area contributed by atoms with E-state index in [-0.39, 0.29) is 11.4 Å². The molecule has 1 heterocycles. The molecule has 6 heteroatoms. The van der Waals surface area contributed by atoms with Gasteiger partial charge in [-0.25, -0.2) is 4.98 Å². The molecule has 3 rings (SSSR count). The van der Waals surface area contributed by atoms with Gasteiger partial charge in [0.1, 0.15) is 10.8 Å². The zero-order chi connectivity index (χ0) is 15.7. The molecule has 22 heavy (non-hydrogen) atoms. The summed E-state index contributed by atoms with van der Waals surface area (Å²) in [5.41, 5.74) is 2.70. The minimum atomic E-state index is -0.394. The van der Waals surface area contributed by atoms with Crippen molar-refractivity contribution in [2.45, 2.75) is 6.92 Å². The van der Waals surface area contributed by atoms with Gasteiger partial charge in [-0.1, -0.05) is 24.3 Å². The zero-order valence-corrected chi connectivity index (χ0v) is 12.5. The first kappa shape index (κ1) is 14.2. The molecule has 0 aliphatic rings. The van der Waals surface area contributed by atoms with Gasteiger partial charge in [-0.3, -0.25) is 10.1 Å². The molecule has 0 aliphatic heterocycles. The fourth-order valence-corrected chi connectivity index (χ4v) is 3.01. The first-order chi connectivity index (χ1) is 10.6. The molecule has 2 aromatic carbocycles. The number of phenolic OH excluding ortho intramolecular Hbond substituents is 1. The Morgan fingerprint density at radius 3 is 2.73 bits per heavy atom. The second-order valence-electron chi connectivity index (χ2n) is 4.81. The number of para-hydroxylation sites is 1. The van der Waals surface area contributed by atoms with Crippen molar-refractivity contribution >= 4 is 17.0 Å². The normalized spacial score (nSPS) is 10.6. The second kappa shape index (κ2) is 5.57. The van der Waals surface area contributed by atoms with E-state index < -0.39 is 4.92 Å². The molecule has 0 spiro atoms. The summed E-state index contributed by atoms with van der Waals surface area (Å²) in [7, 11) is 0. The number of aryl methyl sites for hydroxylation is 1. The standard InChI is InChI=1S/C16H12N2O3S/c1-10-6-7-11(8-14(10)18(20)21)13-9-22-16(17-13)12-4-2-3-5-15(12)19/h2-9,19H,1H3. The summed E-state index contributed by atoms with van der Waals surface area (Å²) in [5, 5.41) is 23.4. The predicted molar refractivity (Wildman–Crippen MR) is 86.0 cm³/mol. The third-order valence-corrected chi connectivity index (χ3v) is 4.22. The van der Waals surface area contributed by atoms with Gasteiger partial charge in [0.05, 0.1) is 16.2 Å². The molecule has 0 saturated carbocycles. The van der Waals surface area contributed by atoms with E-state index in [0.717, 1.165) is 0 Å². The van der Waals surface area contributed by atoms with Gasteiger partial charge in [0.2, 0.25) is 0 Å². The van der Waals surface area contributed by atoms with Crippen LogP contribution in [0.2, 0.25) is 0 Å². The quantitative estimate of drug-likeness (QED) is 0.574. The first-order valence-corrected chi connectivity index (χ1v) is 7.43. The Kier molecular flexibility index (Phi) is 3.60. The molecule has 1 aromatic heterocycles. The maximum atomic E-state index is 11.0. The average molecular weight is 312 g/mol. The number of hydrogen-bond acceptors (Lipinski definition) is 5. The van der Waals surface area contributed by atoms with E-state index >= 15 is 0 Å². The molecule has 0 unspecified atom stereocenters. The molecule has 3 aromatic rings. The third-order valence-electron chi connectivity index (χ3n) is 3.34. The lowest BCUT2D eigenvalue weighted by Gasteiger charge is -2.01. The number of nitrogens with zero attached hydrogens (tertiary/aromatic N) is 2. The van der Waals surface area contributed by atoms with Gasteiger partial charge in [-0.05, 0) is 19.1 Å². The maximum Gasteiger partial charge on any atom is 0.272 e. The topological polar surface area (TPSA) is 76.3 Å². The maximum absolute atomic E-state index is 11.0. The van der Waals surface area contributed by atoms with Crippen LogP contribution in [0.5, 0.6) is 5.75 Å². The van der Waals surface area contributed by atoms with E-state index in [1.165, 1.54) is 17.4 Å². The molecule has 0 fully saturated rings. The number of nitro benzene ring substituents is 1. The molecule has 0 bridgehead atoms. The largest absolute Gasteiger partial charge is 0.507 e. The van der Waals surface area contributed by atoms with Gasteiger partial charge in [0, 0.05) is 22.6 Å². The van der Waals surface area contributed by atoms with Crippen LogP contribution in [0.25, 0.3) is 21.8 Å². The van der Waals surface area contributed by atoms with Gasteiger partial charge in [0.25, 0.3) is 5.69 Å².